The van der Waals surface area contributed by atoms with Crippen LogP contribution in [0.2, 0.25) is 14.8 Å². The van der Waals surface area contributed by atoms with E-state index in [1.807, 2.05) is 22.7 Å². The second-order valence-corrected chi connectivity index (χ2v) is 22.7. The summed E-state index contributed by atoms with van der Waals surface area (Å²) in [6, 6.07) is 2.34. The molecule has 0 nitrogen and oxygen atoms in total. The van der Waals surface area contributed by atoms with Crippen molar-refractivity contribution in [3.05, 3.63) is 16.8 Å². The third-order valence-electron chi connectivity index (χ3n) is 2.84. The van der Waals surface area contributed by atoms with Gasteiger partial charge in [0.05, 0.1) is 0 Å². The van der Waals surface area contributed by atoms with E-state index in [1.165, 1.54) is 0 Å². The molecule has 0 atom stereocenters. The summed E-state index contributed by atoms with van der Waals surface area (Å²) in [5, 5.41) is 8.14. The molecule has 0 amide bonds. The predicted molar refractivity (Wildman–Crippen MR) is 77.0 cm³/mol. The molecule has 0 spiro atoms. The van der Waals surface area contributed by atoms with E-state index in [0.717, 1.165) is 0 Å². The molecule has 77 valence electrons. The molecule has 0 saturated heterocycles. The first-order valence-corrected chi connectivity index (χ1v) is 18.0. The van der Waals surface area contributed by atoms with Gasteiger partial charge in [0.25, 0.3) is 0 Å². The normalized spacial score (nSPS) is 14.1. The third kappa shape index (κ3) is 1.59. The van der Waals surface area contributed by atoms with Crippen LogP contribution >= 0.6 is 22.7 Å². The van der Waals surface area contributed by atoms with Crippen molar-refractivity contribution in [2.45, 2.75) is 14.8 Å². The molecule has 0 unspecified atom stereocenters. The molecule has 0 aliphatic carbocycles. The van der Waals surface area contributed by atoms with Crippen LogP contribution in [0, 0.1) is 0 Å². The van der Waals surface area contributed by atoms with E-state index in [1.54, 1.807) is 23.7 Å². The maximum absolute atomic E-state index is 2.53. The summed E-state index contributed by atoms with van der Waals surface area (Å²) in [6.07, 6.45) is 0. The molecule has 3 heterocycles. The van der Waals surface area contributed by atoms with Crippen molar-refractivity contribution in [2.75, 3.05) is 0 Å². The first kappa shape index (κ1) is 10.6. The monoisotopic (exact) mass is 357 g/mol. The van der Waals surface area contributed by atoms with E-state index in [2.05, 4.69) is 31.6 Å². The average molecular weight is 356 g/mol. The zero-order valence-electron chi connectivity index (χ0n) is 9.13. The molecule has 2 aromatic rings. The van der Waals surface area contributed by atoms with Crippen LogP contribution in [0.4, 0.5) is 0 Å². The number of rotatable bonds is 1. The van der Waals surface area contributed by atoms with Crippen molar-refractivity contribution in [3.63, 3.8) is 0 Å². The summed E-state index contributed by atoms with van der Waals surface area (Å²) >= 11 is 2.09. The molecule has 0 bridgehead atoms. The minimum absolute atomic E-state index is 0.417. The Balaban J connectivity index is 2.19. The fourth-order valence-electron chi connectivity index (χ4n) is 2.04. The molecule has 1 aliphatic heterocycles. The molecule has 0 N–H and O–H groups in total. The molecule has 15 heavy (non-hydrogen) atoms. The zero-order valence-corrected chi connectivity index (χ0v) is 14.8. The van der Waals surface area contributed by atoms with Gasteiger partial charge in [-0.1, -0.05) is 0 Å². The first-order chi connectivity index (χ1) is 7.07. The van der Waals surface area contributed by atoms with Crippen LogP contribution < -0.4 is 14.0 Å². The molecule has 4 heteroatoms. The number of fused-ring (bicyclic) bond motifs is 3. The van der Waals surface area contributed by atoms with E-state index in [9.17, 15) is 0 Å². The molecule has 2 aromatic heterocycles. The van der Waals surface area contributed by atoms with Gasteiger partial charge in [0.15, 0.2) is 0 Å². The van der Waals surface area contributed by atoms with Crippen molar-refractivity contribution >= 4 is 64.5 Å². The zero-order chi connectivity index (χ0) is 10.6. The number of hydrogen-bond acceptors (Lipinski definition) is 2. The van der Waals surface area contributed by atoms with E-state index in [0.29, 0.717) is 9.52 Å². The van der Waals surface area contributed by atoms with Crippen molar-refractivity contribution in [2.24, 2.45) is 0 Å². The van der Waals surface area contributed by atoms with Gasteiger partial charge in [-0.15, -0.1) is 0 Å². The predicted octanol–water partition coefficient (Wildman–Crippen LogP) is 1.72. The van der Waals surface area contributed by atoms with E-state index >= 15 is 0 Å². The Morgan fingerprint density at radius 1 is 1.13 bits per heavy atom. The summed E-state index contributed by atoms with van der Waals surface area (Å²) in [7, 11) is 0.417. The van der Waals surface area contributed by atoms with Crippen molar-refractivity contribution in [1.82, 2.24) is 0 Å². The second-order valence-electron chi connectivity index (χ2n) is 4.99. The topological polar surface area (TPSA) is 0 Å². The molecule has 3 rings (SSSR count). The molecule has 0 aromatic carbocycles. The van der Waals surface area contributed by atoms with Crippen LogP contribution in [0.25, 0.3) is 9.75 Å². The maximum atomic E-state index is 2.53. The fourth-order valence-corrected chi connectivity index (χ4v) is 16.8. The standard InChI is InChI=1S/C8H4S2Si.3CH3.Sn/c1-3-9-7-5(1)11-6-2-4-10-8(6)7;;;;/h1,3-4,11H;3*1H3;. The first-order valence-electron chi connectivity index (χ1n) is 5.12. The van der Waals surface area contributed by atoms with Crippen LogP contribution in [-0.4, -0.2) is 27.9 Å². The van der Waals surface area contributed by atoms with Gasteiger partial charge < -0.3 is 0 Å². The van der Waals surface area contributed by atoms with Crippen LogP contribution in [0.1, 0.15) is 0 Å². The van der Waals surface area contributed by atoms with E-state index in [-0.39, 0.29) is 0 Å². The Labute approximate surface area is 105 Å². The number of thiophene rings is 2. The minimum atomic E-state index is -1.84. The van der Waals surface area contributed by atoms with Gasteiger partial charge in [-0.25, -0.2) is 0 Å². The summed E-state index contributed by atoms with van der Waals surface area (Å²) in [5.41, 5.74) is 0. The molecular weight excluding hydrogens is 343 g/mol. The van der Waals surface area contributed by atoms with Gasteiger partial charge in [0, 0.05) is 0 Å². The molecule has 0 saturated carbocycles. The quantitative estimate of drug-likeness (QED) is 0.583. The summed E-state index contributed by atoms with van der Waals surface area (Å²) in [5.74, 6) is 0. The Hall–Kier alpha value is 0.416. The summed E-state index contributed by atoms with van der Waals surface area (Å²) < 4.78 is 1.79. The van der Waals surface area contributed by atoms with E-state index < -0.39 is 18.4 Å². The molecular formula is C11H13S2SiSn. The Bertz CT molecular complexity index is 519. The van der Waals surface area contributed by atoms with Gasteiger partial charge in [0.1, 0.15) is 0 Å². The molecule has 0 fully saturated rings. The third-order valence-corrected chi connectivity index (χ3v) is 14.2. The summed E-state index contributed by atoms with van der Waals surface area (Å²) in [4.78, 5) is 10.8. The van der Waals surface area contributed by atoms with Crippen molar-refractivity contribution in [3.8, 4) is 9.75 Å². The van der Waals surface area contributed by atoms with Crippen molar-refractivity contribution in [1.29, 1.82) is 0 Å². The molecule has 1 radical (unpaired) electrons. The second kappa shape index (κ2) is 3.45. The van der Waals surface area contributed by atoms with Gasteiger partial charge in [-0.3, -0.25) is 0 Å². The fraction of sp³-hybridized carbons (Fsp3) is 0.273. The van der Waals surface area contributed by atoms with Crippen LogP contribution in [0.5, 0.6) is 0 Å². The van der Waals surface area contributed by atoms with Crippen LogP contribution in [-0.2, 0) is 0 Å². The van der Waals surface area contributed by atoms with Gasteiger partial charge in [-0.2, -0.15) is 0 Å². The van der Waals surface area contributed by atoms with Gasteiger partial charge in [0.2, 0.25) is 0 Å². The van der Waals surface area contributed by atoms with E-state index in [4.69, 9.17) is 0 Å². The summed E-state index contributed by atoms with van der Waals surface area (Å²) in [6.45, 7) is 0. The average Bonchev–Trinajstić information content (AvgIpc) is 2.68. The Morgan fingerprint density at radius 2 is 1.93 bits per heavy atom. The van der Waals surface area contributed by atoms with Crippen molar-refractivity contribution < 1.29 is 0 Å². The Morgan fingerprint density at radius 3 is 2.67 bits per heavy atom. The van der Waals surface area contributed by atoms with Gasteiger partial charge in [-0.05, 0) is 0 Å². The van der Waals surface area contributed by atoms with Gasteiger partial charge >= 0.3 is 106 Å². The molecule has 1 aliphatic rings. The number of hydrogen-bond donors (Lipinski definition) is 0. The SMILES string of the molecule is [CH3][Sn]([CH3])([CH3])[c]1csc2c1[SiH]c1ccsc1-2. The van der Waals surface area contributed by atoms with Crippen LogP contribution in [0.3, 0.4) is 0 Å². The Kier molecular flexibility index (Phi) is 2.43. The van der Waals surface area contributed by atoms with Crippen LogP contribution in [0.15, 0.2) is 16.8 Å².